The zero-order valence-electron chi connectivity index (χ0n) is 15.7. The van der Waals surface area contributed by atoms with Crippen molar-refractivity contribution in [3.63, 3.8) is 0 Å². The summed E-state index contributed by atoms with van der Waals surface area (Å²) < 4.78 is 0. The first-order valence-corrected chi connectivity index (χ1v) is 9.07. The molecule has 2 aromatic rings. The number of nitro benzene ring substituents is 1. The van der Waals surface area contributed by atoms with Crippen molar-refractivity contribution < 1.29 is 9.72 Å². The molecule has 152 valence electrons. The van der Waals surface area contributed by atoms with Crippen molar-refractivity contribution in [2.45, 2.75) is 26.4 Å². The molecular weight excluding hydrogens is 403 g/mol. The first-order chi connectivity index (χ1) is 12.9. The number of rotatable bonds is 9. The van der Waals surface area contributed by atoms with Gasteiger partial charge in [-0.3, -0.25) is 14.9 Å². The van der Waals surface area contributed by atoms with Crippen molar-refractivity contribution in [2.75, 3.05) is 18.4 Å². The van der Waals surface area contributed by atoms with Crippen LogP contribution in [0.4, 0.5) is 11.4 Å². The Morgan fingerprint density at radius 3 is 2.61 bits per heavy atom. The number of carbonyl (C=O) groups excluding carboxylic acids is 1. The molecule has 0 radical (unpaired) electrons. The zero-order chi connectivity index (χ0) is 19.8. The van der Waals surface area contributed by atoms with E-state index in [9.17, 15) is 14.9 Å². The molecule has 0 saturated carbocycles. The standard InChI is InChI=1S/C19H23ClN4O3.ClH/c1-3-21-13(2)11-23-19(25)14-8-9-17(18(10-14)24(26)27)22-12-15-6-4-5-7-16(15)20;/h4-10,13,21-22H,3,11-12H2,1-2H3,(H,23,25);1H/t13-;/m1./s1. The molecule has 0 fully saturated rings. The third-order valence-electron chi connectivity index (χ3n) is 4.01. The van der Waals surface area contributed by atoms with E-state index in [1.54, 1.807) is 12.1 Å². The molecule has 1 amide bonds. The van der Waals surface area contributed by atoms with Crippen LogP contribution in [0.15, 0.2) is 42.5 Å². The maximum absolute atomic E-state index is 12.3. The van der Waals surface area contributed by atoms with Crippen LogP contribution in [0.25, 0.3) is 0 Å². The molecule has 0 aliphatic carbocycles. The largest absolute Gasteiger partial charge is 0.375 e. The van der Waals surface area contributed by atoms with Crippen LogP contribution >= 0.6 is 24.0 Å². The summed E-state index contributed by atoms with van der Waals surface area (Å²) in [5.41, 5.74) is 1.24. The summed E-state index contributed by atoms with van der Waals surface area (Å²) in [4.78, 5) is 23.2. The number of hydrogen-bond acceptors (Lipinski definition) is 5. The summed E-state index contributed by atoms with van der Waals surface area (Å²) in [6, 6.07) is 11.8. The smallest absolute Gasteiger partial charge is 0.293 e. The van der Waals surface area contributed by atoms with Gasteiger partial charge < -0.3 is 16.0 Å². The molecule has 0 aromatic heterocycles. The maximum Gasteiger partial charge on any atom is 0.293 e. The minimum atomic E-state index is -0.507. The number of nitrogens with one attached hydrogen (secondary N) is 3. The Morgan fingerprint density at radius 1 is 1.25 bits per heavy atom. The van der Waals surface area contributed by atoms with Gasteiger partial charge in [0, 0.05) is 35.8 Å². The normalized spacial score (nSPS) is 11.2. The summed E-state index contributed by atoms with van der Waals surface area (Å²) in [5, 5.41) is 21.0. The molecule has 0 unspecified atom stereocenters. The molecule has 9 heteroatoms. The van der Waals surface area contributed by atoms with E-state index in [1.807, 2.05) is 32.0 Å². The van der Waals surface area contributed by atoms with Gasteiger partial charge in [-0.15, -0.1) is 12.4 Å². The minimum absolute atomic E-state index is 0. The minimum Gasteiger partial charge on any atom is -0.375 e. The first kappa shape index (κ1) is 23.7. The highest BCUT2D eigenvalue weighted by Crippen LogP contribution is 2.27. The van der Waals surface area contributed by atoms with Gasteiger partial charge in [0.05, 0.1) is 4.92 Å². The fraction of sp³-hybridized carbons (Fsp3) is 0.316. The Bertz CT molecular complexity index is 818. The third kappa shape index (κ3) is 6.67. The van der Waals surface area contributed by atoms with Crippen molar-refractivity contribution in [1.82, 2.24) is 10.6 Å². The van der Waals surface area contributed by atoms with E-state index in [0.29, 0.717) is 23.8 Å². The number of nitrogens with zero attached hydrogens (tertiary/aromatic N) is 1. The monoisotopic (exact) mass is 426 g/mol. The fourth-order valence-corrected chi connectivity index (χ4v) is 2.78. The predicted octanol–water partition coefficient (Wildman–Crippen LogP) is 4.01. The summed E-state index contributed by atoms with van der Waals surface area (Å²) in [6.07, 6.45) is 0. The van der Waals surface area contributed by atoms with E-state index in [2.05, 4.69) is 16.0 Å². The van der Waals surface area contributed by atoms with E-state index in [0.717, 1.165) is 12.1 Å². The number of amides is 1. The second kappa shape index (κ2) is 11.5. The number of carbonyl (C=O) groups is 1. The van der Waals surface area contributed by atoms with Crippen LogP contribution in [0.3, 0.4) is 0 Å². The average molecular weight is 427 g/mol. The van der Waals surface area contributed by atoms with Crippen LogP contribution in [-0.2, 0) is 6.54 Å². The molecule has 7 nitrogen and oxygen atoms in total. The number of nitro groups is 1. The quantitative estimate of drug-likeness (QED) is 0.415. The molecule has 1 atom stereocenters. The van der Waals surface area contributed by atoms with E-state index < -0.39 is 4.92 Å². The Morgan fingerprint density at radius 2 is 1.96 bits per heavy atom. The van der Waals surface area contributed by atoms with Crippen molar-refractivity contribution in [2.24, 2.45) is 0 Å². The van der Waals surface area contributed by atoms with Crippen molar-refractivity contribution in [3.8, 4) is 0 Å². The predicted molar refractivity (Wildman–Crippen MR) is 115 cm³/mol. The number of likely N-dealkylation sites (N-methyl/N-ethyl adjacent to an activating group) is 1. The number of benzene rings is 2. The Balaban J connectivity index is 0.00000392. The Hall–Kier alpha value is -2.35. The second-order valence-corrected chi connectivity index (χ2v) is 6.51. The molecule has 0 aliphatic heterocycles. The fourth-order valence-electron chi connectivity index (χ4n) is 2.57. The van der Waals surface area contributed by atoms with Crippen LogP contribution in [0.1, 0.15) is 29.8 Å². The second-order valence-electron chi connectivity index (χ2n) is 6.10. The molecule has 2 rings (SSSR count). The van der Waals surface area contributed by atoms with E-state index in [-0.39, 0.29) is 35.6 Å². The van der Waals surface area contributed by atoms with Gasteiger partial charge in [0.1, 0.15) is 5.69 Å². The lowest BCUT2D eigenvalue weighted by Gasteiger charge is -2.14. The zero-order valence-corrected chi connectivity index (χ0v) is 17.3. The molecule has 0 aliphatic rings. The van der Waals surface area contributed by atoms with E-state index in [1.165, 1.54) is 12.1 Å². The molecule has 0 spiro atoms. The van der Waals surface area contributed by atoms with Crippen LogP contribution in [0, 0.1) is 10.1 Å². The summed E-state index contributed by atoms with van der Waals surface area (Å²) in [5.74, 6) is -0.347. The highest BCUT2D eigenvalue weighted by molar-refractivity contribution is 6.31. The lowest BCUT2D eigenvalue weighted by Crippen LogP contribution is -2.38. The maximum atomic E-state index is 12.3. The highest BCUT2D eigenvalue weighted by Gasteiger charge is 2.18. The molecule has 0 bridgehead atoms. The van der Waals surface area contributed by atoms with Crippen molar-refractivity contribution in [3.05, 3.63) is 68.7 Å². The molecule has 0 heterocycles. The molecular formula is C19H24Cl2N4O3. The number of hydrogen-bond donors (Lipinski definition) is 3. The average Bonchev–Trinajstić information content (AvgIpc) is 2.65. The lowest BCUT2D eigenvalue weighted by atomic mass is 10.1. The molecule has 2 aromatic carbocycles. The van der Waals surface area contributed by atoms with Gasteiger partial charge in [-0.2, -0.15) is 0 Å². The molecule has 3 N–H and O–H groups in total. The Labute approximate surface area is 175 Å². The lowest BCUT2D eigenvalue weighted by molar-refractivity contribution is -0.384. The van der Waals surface area contributed by atoms with Crippen LogP contribution in [0.5, 0.6) is 0 Å². The van der Waals surface area contributed by atoms with Crippen molar-refractivity contribution >= 4 is 41.3 Å². The van der Waals surface area contributed by atoms with Gasteiger partial charge in [0.25, 0.3) is 11.6 Å². The molecule has 28 heavy (non-hydrogen) atoms. The number of anilines is 1. The first-order valence-electron chi connectivity index (χ1n) is 8.69. The van der Waals surface area contributed by atoms with Crippen molar-refractivity contribution in [1.29, 1.82) is 0 Å². The van der Waals surface area contributed by atoms with E-state index >= 15 is 0 Å². The van der Waals surface area contributed by atoms with Crippen LogP contribution in [0.2, 0.25) is 5.02 Å². The molecule has 0 saturated heterocycles. The van der Waals surface area contributed by atoms with Gasteiger partial charge >= 0.3 is 0 Å². The van der Waals surface area contributed by atoms with E-state index in [4.69, 9.17) is 11.6 Å². The summed E-state index contributed by atoms with van der Waals surface area (Å²) in [7, 11) is 0. The van der Waals surface area contributed by atoms with Gasteiger partial charge in [-0.25, -0.2) is 0 Å². The third-order valence-corrected chi connectivity index (χ3v) is 4.37. The topological polar surface area (TPSA) is 96.3 Å². The van der Waals surface area contributed by atoms with Gasteiger partial charge in [-0.1, -0.05) is 36.7 Å². The number of halogens is 2. The van der Waals surface area contributed by atoms with Gasteiger partial charge in [0.15, 0.2) is 0 Å². The summed E-state index contributed by atoms with van der Waals surface area (Å²) in [6.45, 7) is 5.51. The SMILES string of the molecule is CCN[C@H](C)CNC(=O)c1ccc(NCc2ccccc2Cl)c([N+](=O)[O-])c1.Cl. The van der Waals surface area contributed by atoms with Gasteiger partial charge in [-0.05, 0) is 37.2 Å². The Kier molecular flexibility index (Phi) is 9.72. The van der Waals surface area contributed by atoms with Crippen LogP contribution < -0.4 is 16.0 Å². The van der Waals surface area contributed by atoms with Crippen LogP contribution in [-0.4, -0.2) is 30.0 Å². The highest BCUT2D eigenvalue weighted by atomic mass is 35.5. The van der Waals surface area contributed by atoms with Gasteiger partial charge in [0.2, 0.25) is 0 Å². The summed E-state index contributed by atoms with van der Waals surface area (Å²) >= 11 is 6.11.